The molecule has 3 saturated heterocycles. The molecule has 2 aromatic rings. The van der Waals surface area contributed by atoms with E-state index in [0.29, 0.717) is 42.1 Å². The summed E-state index contributed by atoms with van der Waals surface area (Å²) in [6.45, 7) is 2.96. The van der Waals surface area contributed by atoms with Gasteiger partial charge in [-0.25, -0.2) is 0 Å². The number of nitrogens with zero attached hydrogens (tertiary/aromatic N) is 1. The van der Waals surface area contributed by atoms with Gasteiger partial charge in [0.25, 0.3) is 11.8 Å². The minimum absolute atomic E-state index is 0.0626. The summed E-state index contributed by atoms with van der Waals surface area (Å²) in [4.78, 5) is 27.1. The fraction of sp³-hybridized carbons (Fsp3) is 0.500. The van der Waals surface area contributed by atoms with Crippen molar-refractivity contribution in [1.29, 1.82) is 0 Å². The number of fused-ring (bicyclic) bond motifs is 3. The summed E-state index contributed by atoms with van der Waals surface area (Å²) >= 11 is 0. The summed E-state index contributed by atoms with van der Waals surface area (Å²) < 4.78 is 5.74. The SMILES string of the molecule is O=C(N[C@@H]1C[C@H]2CC[C@@H]1N2)c1ccc2oc(C(=O)N3CCNCC3)cc2c1. The zero-order chi connectivity index (χ0) is 18.4. The van der Waals surface area contributed by atoms with Crippen molar-refractivity contribution in [3.63, 3.8) is 0 Å². The number of hydrogen-bond donors (Lipinski definition) is 3. The first kappa shape index (κ1) is 16.8. The highest BCUT2D eigenvalue weighted by molar-refractivity contribution is 6.00. The van der Waals surface area contributed by atoms with Gasteiger partial charge in [-0.15, -0.1) is 0 Å². The molecule has 142 valence electrons. The van der Waals surface area contributed by atoms with Crippen molar-refractivity contribution in [2.45, 2.75) is 37.4 Å². The van der Waals surface area contributed by atoms with Crippen LogP contribution in [-0.4, -0.2) is 61.0 Å². The van der Waals surface area contributed by atoms with Crippen LogP contribution in [0, 0.1) is 0 Å². The number of amides is 2. The zero-order valence-electron chi connectivity index (χ0n) is 15.2. The molecule has 4 heterocycles. The molecule has 3 N–H and O–H groups in total. The smallest absolute Gasteiger partial charge is 0.289 e. The van der Waals surface area contributed by atoms with Gasteiger partial charge in [0.05, 0.1) is 0 Å². The Morgan fingerprint density at radius 3 is 2.74 bits per heavy atom. The van der Waals surface area contributed by atoms with Crippen molar-refractivity contribution < 1.29 is 14.0 Å². The van der Waals surface area contributed by atoms with Crippen molar-refractivity contribution >= 4 is 22.8 Å². The van der Waals surface area contributed by atoms with Crippen LogP contribution in [0.4, 0.5) is 0 Å². The van der Waals surface area contributed by atoms with Gasteiger partial charge in [-0.1, -0.05) is 0 Å². The standard InChI is InChI=1S/C20H24N4O3/c25-19(23-16-11-14-2-3-15(16)22-14)12-1-4-17-13(9-12)10-18(27-17)20(26)24-7-5-21-6-8-24/h1,4,9-10,14-16,21-22H,2-3,5-8,11H2,(H,23,25)/t14-,15+,16-/m1/s1. The molecule has 3 aliphatic rings. The minimum atomic E-state index is -0.0910. The number of nitrogens with one attached hydrogen (secondary N) is 3. The predicted molar refractivity (Wildman–Crippen MR) is 101 cm³/mol. The van der Waals surface area contributed by atoms with Crippen LogP contribution in [0.5, 0.6) is 0 Å². The Balaban J connectivity index is 1.32. The average Bonchev–Trinajstić information content (AvgIpc) is 3.42. The number of hydrogen-bond acceptors (Lipinski definition) is 5. The van der Waals surface area contributed by atoms with Gasteiger partial charge in [0.15, 0.2) is 5.76 Å². The second-order valence-corrected chi connectivity index (χ2v) is 7.77. The first-order chi connectivity index (χ1) is 13.2. The predicted octanol–water partition coefficient (Wildman–Crippen LogP) is 1.10. The molecular formula is C20H24N4O3. The van der Waals surface area contributed by atoms with E-state index in [1.807, 2.05) is 6.07 Å². The van der Waals surface area contributed by atoms with Gasteiger partial charge in [-0.2, -0.15) is 0 Å². The molecule has 3 fully saturated rings. The van der Waals surface area contributed by atoms with E-state index in [1.165, 1.54) is 6.42 Å². The molecule has 27 heavy (non-hydrogen) atoms. The second-order valence-electron chi connectivity index (χ2n) is 7.77. The molecule has 7 heteroatoms. The Bertz CT molecular complexity index is 886. The third kappa shape index (κ3) is 3.11. The first-order valence-electron chi connectivity index (χ1n) is 9.78. The van der Waals surface area contributed by atoms with Crippen LogP contribution in [0.3, 0.4) is 0 Å². The highest BCUT2D eigenvalue weighted by atomic mass is 16.3. The Morgan fingerprint density at radius 1 is 1.15 bits per heavy atom. The van der Waals surface area contributed by atoms with Gasteiger partial charge in [0.1, 0.15) is 5.58 Å². The lowest BCUT2D eigenvalue weighted by molar-refractivity contribution is 0.0706. The quantitative estimate of drug-likeness (QED) is 0.755. The highest BCUT2D eigenvalue weighted by Crippen LogP contribution is 2.28. The van der Waals surface area contributed by atoms with Crippen LogP contribution in [0.15, 0.2) is 28.7 Å². The number of carbonyl (C=O) groups excluding carboxylic acids is 2. The van der Waals surface area contributed by atoms with E-state index in [4.69, 9.17) is 4.42 Å². The Hall–Kier alpha value is -2.38. The summed E-state index contributed by atoms with van der Waals surface area (Å²) in [5.41, 5.74) is 1.24. The summed E-state index contributed by atoms with van der Waals surface area (Å²) in [6, 6.07) is 8.26. The normalized spacial score (nSPS) is 27.3. The fourth-order valence-corrected chi connectivity index (χ4v) is 4.55. The lowest BCUT2D eigenvalue weighted by Gasteiger charge is -2.26. The molecule has 2 amide bonds. The molecule has 0 saturated carbocycles. The topological polar surface area (TPSA) is 86.6 Å². The third-order valence-corrected chi connectivity index (χ3v) is 6.01. The largest absolute Gasteiger partial charge is 0.451 e. The molecule has 0 radical (unpaired) electrons. The number of rotatable bonds is 3. The Morgan fingerprint density at radius 2 is 2.00 bits per heavy atom. The maximum absolute atomic E-state index is 12.7. The van der Waals surface area contributed by atoms with Gasteiger partial charge < -0.3 is 25.3 Å². The van der Waals surface area contributed by atoms with Crippen molar-refractivity contribution in [3.8, 4) is 0 Å². The first-order valence-corrected chi connectivity index (χ1v) is 9.78. The molecule has 3 aliphatic heterocycles. The Labute approximate surface area is 157 Å². The molecule has 0 aliphatic carbocycles. The van der Waals surface area contributed by atoms with Crippen LogP contribution in [-0.2, 0) is 0 Å². The molecule has 1 aromatic carbocycles. The Kier molecular flexibility index (Phi) is 4.13. The molecule has 0 spiro atoms. The molecule has 7 nitrogen and oxygen atoms in total. The lowest BCUT2D eigenvalue weighted by Crippen LogP contribution is -2.46. The number of benzene rings is 1. The molecule has 5 rings (SSSR count). The average molecular weight is 368 g/mol. The van der Waals surface area contributed by atoms with Gasteiger partial charge in [-0.05, 0) is 43.5 Å². The number of piperazine rings is 1. The third-order valence-electron chi connectivity index (χ3n) is 6.01. The van der Waals surface area contributed by atoms with Crippen LogP contribution < -0.4 is 16.0 Å². The monoisotopic (exact) mass is 368 g/mol. The maximum atomic E-state index is 12.7. The van der Waals surface area contributed by atoms with Crippen LogP contribution >= 0.6 is 0 Å². The van der Waals surface area contributed by atoms with Gasteiger partial charge in [0.2, 0.25) is 0 Å². The van der Waals surface area contributed by atoms with E-state index < -0.39 is 0 Å². The molecule has 0 unspecified atom stereocenters. The zero-order valence-corrected chi connectivity index (χ0v) is 15.2. The second kappa shape index (κ2) is 6.65. The summed E-state index contributed by atoms with van der Waals surface area (Å²) in [7, 11) is 0. The van der Waals surface area contributed by atoms with E-state index >= 15 is 0 Å². The number of furan rings is 1. The maximum Gasteiger partial charge on any atom is 0.289 e. The highest BCUT2D eigenvalue weighted by Gasteiger charge is 2.39. The van der Waals surface area contributed by atoms with E-state index in [2.05, 4.69) is 16.0 Å². The van der Waals surface area contributed by atoms with E-state index in [0.717, 1.165) is 31.3 Å². The van der Waals surface area contributed by atoms with Crippen molar-refractivity contribution in [3.05, 3.63) is 35.6 Å². The lowest BCUT2D eigenvalue weighted by atomic mass is 9.95. The fourth-order valence-electron chi connectivity index (χ4n) is 4.55. The molecular weight excluding hydrogens is 344 g/mol. The summed E-state index contributed by atoms with van der Waals surface area (Å²) in [5.74, 6) is 0.181. The van der Waals surface area contributed by atoms with Crippen LogP contribution in [0.25, 0.3) is 11.0 Å². The van der Waals surface area contributed by atoms with Crippen LogP contribution in [0.2, 0.25) is 0 Å². The van der Waals surface area contributed by atoms with Gasteiger partial charge in [0, 0.05) is 55.3 Å². The van der Waals surface area contributed by atoms with Gasteiger partial charge in [-0.3, -0.25) is 9.59 Å². The van der Waals surface area contributed by atoms with Crippen molar-refractivity contribution in [1.82, 2.24) is 20.9 Å². The molecule has 1 aromatic heterocycles. The van der Waals surface area contributed by atoms with Gasteiger partial charge >= 0.3 is 0 Å². The van der Waals surface area contributed by atoms with E-state index in [-0.39, 0.29) is 17.9 Å². The molecule has 2 bridgehead atoms. The molecule has 3 atom stereocenters. The number of carbonyl (C=O) groups is 2. The summed E-state index contributed by atoms with van der Waals surface area (Å²) in [6.07, 6.45) is 3.35. The van der Waals surface area contributed by atoms with Crippen molar-refractivity contribution in [2.24, 2.45) is 0 Å². The van der Waals surface area contributed by atoms with Crippen molar-refractivity contribution in [2.75, 3.05) is 26.2 Å². The van der Waals surface area contributed by atoms with E-state index in [9.17, 15) is 9.59 Å². The van der Waals surface area contributed by atoms with E-state index in [1.54, 1.807) is 23.1 Å². The minimum Gasteiger partial charge on any atom is -0.451 e. The van der Waals surface area contributed by atoms with Crippen LogP contribution in [0.1, 0.15) is 40.2 Å². The summed E-state index contributed by atoms with van der Waals surface area (Å²) in [5, 5.41) is 10.7.